The minimum atomic E-state index is 0.371. The van der Waals surface area contributed by atoms with Crippen LogP contribution < -0.4 is 4.74 Å². The molecule has 0 atom stereocenters. The summed E-state index contributed by atoms with van der Waals surface area (Å²) in [5.74, 6) is 0.478. The second kappa shape index (κ2) is 4.48. The molecule has 0 N–H and O–H groups in total. The summed E-state index contributed by atoms with van der Waals surface area (Å²) in [4.78, 5) is 0. The van der Waals surface area contributed by atoms with Gasteiger partial charge in [-0.25, -0.2) is 0 Å². The summed E-state index contributed by atoms with van der Waals surface area (Å²) < 4.78 is 5.27. The molecule has 3 heteroatoms. The topological polar surface area (TPSA) is 33.0 Å². The van der Waals surface area contributed by atoms with E-state index in [0.717, 1.165) is 10.8 Å². The predicted molar refractivity (Wildman–Crippen MR) is 70.1 cm³/mol. The highest BCUT2D eigenvalue weighted by atomic mass is 35.5. The lowest BCUT2D eigenvalue weighted by molar-refractivity contribution is 0.413. The summed E-state index contributed by atoms with van der Waals surface area (Å²) in [5.41, 5.74) is 1.15. The van der Waals surface area contributed by atoms with Crippen molar-refractivity contribution in [1.82, 2.24) is 0 Å². The Balaban J connectivity index is 2.97. The van der Waals surface area contributed by atoms with E-state index >= 15 is 0 Å². The van der Waals surface area contributed by atoms with E-state index in [1.807, 2.05) is 24.3 Å². The third kappa shape index (κ3) is 1.86. The van der Waals surface area contributed by atoms with Crippen LogP contribution >= 0.6 is 11.6 Å². The zero-order valence-electron chi connectivity index (χ0n) is 9.33. The number of nitriles is 1. The van der Waals surface area contributed by atoms with Crippen LogP contribution in [-0.2, 0) is 0 Å². The van der Waals surface area contributed by atoms with Crippen LogP contribution in [0, 0.1) is 11.3 Å². The number of halogens is 1. The number of hydrogen-bond acceptors (Lipinski definition) is 2. The number of nitrogens with zero attached hydrogens (tertiary/aromatic N) is 1. The summed E-state index contributed by atoms with van der Waals surface area (Å²) in [5, 5.41) is 11.4. The number of ether oxygens (including phenoxy) is 1. The van der Waals surface area contributed by atoms with Gasteiger partial charge in [0.2, 0.25) is 0 Å². The summed E-state index contributed by atoms with van der Waals surface area (Å²) in [6, 6.07) is 11.6. The Morgan fingerprint density at radius 3 is 2.71 bits per heavy atom. The van der Waals surface area contributed by atoms with Gasteiger partial charge in [-0.1, -0.05) is 42.4 Å². The lowest BCUT2D eigenvalue weighted by Crippen LogP contribution is -1.94. The highest BCUT2D eigenvalue weighted by Gasteiger charge is 2.15. The minimum absolute atomic E-state index is 0.371. The van der Waals surface area contributed by atoms with Crippen molar-refractivity contribution in [2.24, 2.45) is 0 Å². The highest BCUT2D eigenvalue weighted by molar-refractivity contribution is 6.49. The van der Waals surface area contributed by atoms with Crippen LogP contribution in [0.3, 0.4) is 0 Å². The van der Waals surface area contributed by atoms with E-state index in [-0.39, 0.29) is 0 Å². The van der Waals surface area contributed by atoms with Gasteiger partial charge < -0.3 is 4.74 Å². The molecule has 0 unspecified atom stereocenters. The molecule has 0 fully saturated rings. The Morgan fingerprint density at radius 1 is 1.41 bits per heavy atom. The van der Waals surface area contributed by atoms with Gasteiger partial charge in [-0.05, 0) is 16.8 Å². The van der Waals surface area contributed by atoms with Crippen LogP contribution in [-0.4, -0.2) is 7.11 Å². The van der Waals surface area contributed by atoms with Crippen LogP contribution in [0.5, 0.6) is 5.75 Å². The zero-order chi connectivity index (χ0) is 12.4. The van der Waals surface area contributed by atoms with Crippen LogP contribution in [0.1, 0.15) is 11.1 Å². The number of fused-ring (bicyclic) bond motifs is 1. The van der Waals surface area contributed by atoms with Gasteiger partial charge >= 0.3 is 0 Å². The molecule has 0 spiro atoms. The van der Waals surface area contributed by atoms with Crippen molar-refractivity contribution in [2.45, 2.75) is 0 Å². The van der Waals surface area contributed by atoms with Crippen molar-refractivity contribution in [3.63, 3.8) is 0 Å². The molecule has 17 heavy (non-hydrogen) atoms. The molecular weight excluding hydrogens is 234 g/mol. The minimum Gasteiger partial charge on any atom is -0.495 e. The first-order valence-corrected chi connectivity index (χ1v) is 5.41. The van der Waals surface area contributed by atoms with Crippen molar-refractivity contribution < 1.29 is 4.74 Å². The normalized spacial score (nSPS) is 9.94. The molecule has 0 radical (unpaired) electrons. The summed E-state index contributed by atoms with van der Waals surface area (Å²) >= 11 is 6.01. The van der Waals surface area contributed by atoms with E-state index in [1.165, 1.54) is 7.11 Å². The molecule has 0 amide bonds. The monoisotopic (exact) mass is 243 g/mol. The Kier molecular flexibility index (Phi) is 3.03. The van der Waals surface area contributed by atoms with E-state index in [9.17, 15) is 0 Å². The van der Waals surface area contributed by atoms with E-state index in [1.54, 1.807) is 6.07 Å². The third-order valence-corrected chi connectivity index (χ3v) is 2.79. The molecule has 0 saturated heterocycles. The molecule has 0 aliphatic carbocycles. The van der Waals surface area contributed by atoms with Gasteiger partial charge in [0.15, 0.2) is 0 Å². The molecular formula is C14H10ClNO. The quantitative estimate of drug-likeness (QED) is 0.801. The molecule has 2 aromatic carbocycles. The van der Waals surface area contributed by atoms with Crippen LogP contribution in [0.25, 0.3) is 15.8 Å². The Labute approximate surface area is 105 Å². The SMILES string of the molecule is C=C(Cl)c1c(OC)c(C#N)cc2ccccc12. The number of hydrogen-bond donors (Lipinski definition) is 0. The molecule has 0 aliphatic rings. The van der Waals surface area contributed by atoms with Gasteiger partial charge in [0.1, 0.15) is 11.8 Å². The summed E-state index contributed by atoms with van der Waals surface area (Å²) in [6.45, 7) is 3.74. The van der Waals surface area contributed by atoms with E-state index in [0.29, 0.717) is 21.9 Å². The first-order chi connectivity index (χ1) is 8.19. The predicted octanol–water partition coefficient (Wildman–Crippen LogP) is 3.93. The highest BCUT2D eigenvalue weighted by Crippen LogP contribution is 2.37. The van der Waals surface area contributed by atoms with Crippen molar-refractivity contribution >= 4 is 27.4 Å². The lowest BCUT2D eigenvalue weighted by Gasteiger charge is -2.12. The fourth-order valence-electron chi connectivity index (χ4n) is 1.89. The Hall–Kier alpha value is -1.98. The zero-order valence-corrected chi connectivity index (χ0v) is 10.1. The van der Waals surface area contributed by atoms with Gasteiger partial charge in [-0.2, -0.15) is 5.26 Å². The molecule has 2 aromatic rings. The molecule has 2 rings (SSSR count). The third-order valence-electron chi connectivity index (χ3n) is 2.60. The molecule has 0 aromatic heterocycles. The maximum atomic E-state index is 9.11. The average Bonchev–Trinajstić information content (AvgIpc) is 2.35. The van der Waals surface area contributed by atoms with Crippen molar-refractivity contribution in [3.05, 3.63) is 48.0 Å². The maximum Gasteiger partial charge on any atom is 0.145 e. The smallest absolute Gasteiger partial charge is 0.145 e. The molecule has 0 heterocycles. The van der Waals surface area contributed by atoms with Gasteiger partial charge in [0.05, 0.1) is 12.7 Å². The molecule has 0 aliphatic heterocycles. The lowest BCUT2D eigenvalue weighted by atomic mass is 9.99. The van der Waals surface area contributed by atoms with Crippen molar-refractivity contribution in [3.8, 4) is 11.8 Å². The second-order valence-corrected chi connectivity index (χ2v) is 4.03. The fraction of sp³-hybridized carbons (Fsp3) is 0.0714. The average molecular weight is 244 g/mol. The van der Waals surface area contributed by atoms with Gasteiger partial charge in [-0.15, -0.1) is 0 Å². The number of rotatable bonds is 2. The summed E-state index contributed by atoms with van der Waals surface area (Å²) in [7, 11) is 1.52. The van der Waals surface area contributed by atoms with E-state index in [4.69, 9.17) is 21.6 Å². The maximum absolute atomic E-state index is 9.11. The first kappa shape index (κ1) is 11.5. The Bertz CT molecular complexity index is 640. The van der Waals surface area contributed by atoms with Gasteiger partial charge in [0.25, 0.3) is 0 Å². The van der Waals surface area contributed by atoms with Crippen LogP contribution in [0.4, 0.5) is 0 Å². The molecule has 84 valence electrons. The van der Waals surface area contributed by atoms with Gasteiger partial charge in [-0.3, -0.25) is 0 Å². The van der Waals surface area contributed by atoms with Gasteiger partial charge in [0, 0.05) is 10.6 Å². The van der Waals surface area contributed by atoms with Crippen LogP contribution in [0.15, 0.2) is 36.9 Å². The number of benzene rings is 2. The molecule has 0 bridgehead atoms. The van der Waals surface area contributed by atoms with E-state index in [2.05, 4.69) is 12.6 Å². The Morgan fingerprint density at radius 2 is 2.12 bits per heavy atom. The van der Waals surface area contributed by atoms with Crippen molar-refractivity contribution in [1.29, 1.82) is 5.26 Å². The standard InChI is InChI=1S/C14H10ClNO/c1-9(15)13-12-6-4-3-5-10(12)7-11(8-16)14(13)17-2/h3-7H,1H2,2H3. The number of methoxy groups -OCH3 is 1. The summed E-state index contributed by atoms with van der Waals surface area (Å²) in [6.07, 6.45) is 0. The largest absolute Gasteiger partial charge is 0.495 e. The second-order valence-electron chi connectivity index (χ2n) is 3.57. The van der Waals surface area contributed by atoms with E-state index < -0.39 is 0 Å². The fourth-order valence-corrected chi connectivity index (χ4v) is 2.08. The molecule has 2 nitrogen and oxygen atoms in total. The first-order valence-electron chi connectivity index (χ1n) is 5.03. The van der Waals surface area contributed by atoms with Crippen LogP contribution in [0.2, 0.25) is 0 Å². The van der Waals surface area contributed by atoms with Crippen molar-refractivity contribution in [2.75, 3.05) is 7.11 Å². The molecule has 0 saturated carbocycles.